The lowest BCUT2D eigenvalue weighted by Gasteiger charge is -2.13. The van der Waals surface area contributed by atoms with Crippen molar-refractivity contribution < 1.29 is 22.8 Å². The normalized spacial score (nSPS) is 15.6. The second-order valence-electron chi connectivity index (χ2n) is 4.34. The lowest BCUT2D eigenvalue weighted by atomic mass is 10.3. The van der Waals surface area contributed by atoms with Gasteiger partial charge in [0.25, 0.3) is 0 Å². The van der Waals surface area contributed by atoms with Crippen LogP contribution in [0.1, 0.15) is 18.4 Å². The van der Waals surface area contributed by atoms with E-state index in [1.807, 2.05) is 0 Å². The molecule has 2 heterocycles. The summed E-state index contributed by atoms with van der Waals surface area (Å²) in [4.78, 5) is 27.9. The van der Waals surface area contributed by atoms with E-state index in [0.29, 0.717) is 25.6 Å². The van der Waals surface area contributed by atoms with Gasteiger partial charge in [0.15, 0.2) is 0 Å². The van der Waals surface area contributed by atoms with E-state index in [-0.39, 0.29) is 27.6 Å². The van der Waals surface area contributed by atoms with E-state index in [1.54, 1.807) is 0 Å². The van der Waals surface area contributed by atoms with Crippen molar-refractivity contribution in [2.45, 2.75) is 24.0 Å². The first-order valence-electron chi connectivity index (χ1n) is 5.98. The Hall–Kier alpha value is -1.28. The summed E-state index contributed by atoms with van der Waals surface area (Å²) in [6.45, 7) is 0.381. The zero-order valence-electron chi connectivity index (χ0n) is 10.6. The first-order valence-corrected chi connectivity index (χ1v) is 7.34. The number of likely N-dealkylation sites (tertiary alicyclic amines) is 1. The Morgan fingerprint density at radius 3 is 2.71 bits per heavy atom. The monoisotopic (exact) mass is 338 g/mol. The summed E-state index contributed by atoms with van der Waals surface area (Å²) in [5.74, 6) is -0.712. The fourth-order valence-electron chi connectivity index (χ4n) is 1.81. The van der Waals surface area contributed by atoms with Crippen molar-refractivity contribution in [2.75, 3.05) is 12.3 Å². The molecule has 21 heavy (non-hydrogen) atoms. The van der Waals surface area contributed by atoms with Crippen LogP contribution in [-0.2, 0) is 15.8 Å². The molecule has 2 rings (SSSR count). The molecule has 2 amide bonds. The number of hydrogen-bond donors (Lipinski definition) is 0. The van der Waals surface area contributed by atoms with E-state index in [2.05, 4.69) is 4.98 Å². The topological polar surface area (TPSA) is 50.3 Å². The van der Waals surface area contributed by atoms with Crippen molar-refractivity contribution in [1.29, 1.82) is 0 Å². The molecule has 0 saturated carbocycles. The number of rotatable bonds is 3. The molecule has 4 nitrogen and oxygen atoms in total. The minimum atomic E-state index is -4.52. The third kappa shape index (κ3) is 3.88. The highest BCUT2D eigenvalue weighted by atomic mass is 35.5. The zero-order valence-corrected chi connectivity index (χ0v) is 12.2. The van der Waals surface area contributed by atoms with Gasteiger partial charge >= 0.3 is 6.18 Å². The fourth-order valence-corrected chi connectivity index (χ4v) is 2.88. The van der Waals surface area contributed by atoms with Crippen LogP contribution in [0.2, 0.25) is 5.02 Å². The van der Waals surface area contributed by atoms with Crippen LogP contribution in [0.25, 0.3) is 0 Å². The number of carbonyl (C=O) groups is 2. The van der Waals surface area contributed by atoms with Gasteiger partial charge in [0.2, 0.25) is 11.8 Å². The Morgan fingerprint density at radius 2 is 2.19 bits per heavy atom. The summed E-state index contributed by atoms with van der Waals surface area (Å²) >= 11 is 6.64. The lowest BCUT2D eigenvalue weighted by Crippen LogP contribution is -2.33. The van der Waals surface area contributed by atoms with Gasteiger partial charge in [0.05, 0.1) is 16.3 Å². The molecule has 1 fully saturated rings. The number of hydrogen-bond acceptors (Lipinski definition) is 4. The summed E-state index contributed by atoms with van der Waals surface area (Å²) < 4.78 is 37.4. The fraction of sp³-hybridized carbons (Fsp3) is 0.417. The number of nitrogens with zero attached hydrogens (tertiary/aromatic N) is 2. The van der Waals surface area contributed by atoms with Gasteiger partial charge in [-0.25, -0.2) is 4.98 Å². The molecule has 0 aromatic carbocycles. The molecule has 0 unspecified atom stereocenters. The maximum Gasteiger partial charge on any atom is 0.417 e. The summed E-state index contributed by atoms with van der Waals surface area (Å²) in [5.41, 5.74) is -0.946. The Bertz CT molecular complexity index is 580. The van der Waals surface area contributed by atoms with E-state index < -0.39 is 11.7 Å². The molecule has 1 saturated heterocycles. The van der Waals surface area contributed by atoms with E-state index in [9.17, 15) is 22.8 Å². The van der Waals surface area contributed by atoms with Crippen molar-refractivity contribution in [3.8, 4) is 0 Å². The first kappa shape index (κ1) is 16.1. The van der Waals surface area contributed by atoms with Gasteiger partial charge in [-0.15, -0.1) is 0 Å². The highest BCUT2D eigenvalue weighted by Crippen LogP contribution is 2.33. The van der Waals surface area contributed by atoms with Crippen LogP contribution in [0.5, 0.6) is 0 Å². The van der Waals surface area contributed by atoms with Crippen LogP contribution in [-0.4, -0.2) is 34.0 Å². The SMILES string of the molecule is O=C1CCCN1C(=O)CSc1ncc(C(F)(F)F)cc1Cl. The predicted octanol–water partition coefficient (Wildman–Crippen LogP) is 2.99. The average molecular weight is 339 g/mol. The summed E-state index contributed by atoms with van der Waals surface area (Å²) in [7, 11) is 0. The lowest BCUT2D eigenvalue weighted by molar-refractivity contribution is -0.140. The van der Waals surface area contributed by atoms with E-state index in [1.165, 1.54) is 0 Å². The molecule has 0 aliphatic carbocycles. The molecular weight excluding hydrogens is 329 g/mol. The van der Waals surface area contributed by atoms with Gasteiger partial charge < -0.3 is 0 Å². The maximum atomic E-state index is 12.5. The van der Waals surface area contributed by atoms with Crippen LogP contribution in [0.15, 0.2) is 17.3 Å². The Balaban J connectivity index is 2.00. The Kier molecular flexibility index (Phi) is 4.77. The zero-order chi connectivity index (χ0) is 15.6. The van der Waals surface area contributed by atoms with Crippen molar-refractivity contribution in [3.05, 3.63) is 22.8 Å². The van der Waals surface area contributed by atoms with Gasteiger partial charge in [-0.3, -0.25) is 14.5 Å². The first-order chi connectivity index (χ1) is 9.79. The van der Waals surface area contributed by atoms with Crippen LogP contribution < -0.4 is 0 Å². The summed E-state index contributed by atoms with van der Waals surface area (Å²) in [6, 6.07) is 0.766. The molecule has 1 aliphatic heterocycles. The summed E-state index contributed by atoms with van der Waals surface area (Å²) in [5, 5.41) is -0.0416. The van der Waals surface area contributed by atoms with Gasteiger partial charge in [-0.2, -0.15) is 13.2 Å². The highest BCUT2D eigenvalue weighted by molar-refractivity contribution is 8.00. The third-order valence-electron chi connectivity index (χ3n) is 2.84. The average Bonchev–Trinajstić information content (AvgIpc) is 2.82. The minimum absolute atomic E-state index is 0.0934. The third-order valence-corrected chi connectivity index (χ3v) is 4.23. The minimum Gasteiger partial charge on any atom is -0.282 e. The smallest absolute Gasteiger partial charge is 0.282 e. The second-order valence-corrected chi connectivity index (χ2v) is 5.71. The quantitative estimate of drug-likeness (QED) is 0.795. The molecule has 9 heteroatoms. The number of carbonyl (C=O) groups excluding carboxylic acids is 2. The summed E-state index contributed by atoms with van der Waals surface area (Å²) in [6.07, 6.45) is -2.87. The van der Waals surface area contributed by atoms with Crippen molar-refractivity contribution in [2.24, 2.45) is 0 Å². The Labute approximate surface area is 127 Å². The maximum absolute atomic E-state index is 12.5. The van der Waals surface area contributed by atoms with Crippen LogP contribution in [0.4, 0.5) is 13.2 Å². The molecule has 0 N–H and O–H groups in total. The molecule has 1 aromatic heterocycles. The number of amides is 2. The largest absolute Gasteiger partial charge is 0.417 e. The molecular formula is C12H10ClF3N2O2S. The number of thioether (sulfide) groups is 1. The van der Waals surface area contributed by atoms with Gasteiger partial charge in [0, 0.05) is 19.2 Å². The van der Waals surface area contributed by atoms with Crippen molar-refractivity contribution >= 4 is 35.2 Å². The number of halogens is 4. The van der Waals surface area contributed by atoms with Crippen LogP contribution in [0.3, 0.4) is 0 Å². The standard InChI is InChI=1S/C12H10ClF3N2O2S/c13-8-4-7(12(14,15)16)5-17-11(8)21-6-10(20)18-3-1-2-9(18)19/h4-5H,1-3,6H2. The van der Waals surface area contributed by atoms with Crippen LogP contribution in [0, 0.1) is 0 Å². The van der Waals surface area contributed by atoms with E-state index >= 15 is 0 Å². The second kappa shape index (κ2) is 6.23. The Morgan fingerprint density at radius 1 is 1.48 bits per heavy atom. The molecule has 1 aliphatic rings. The molecule has 0 atom stereocenters. The number of imide groups is 1. The number of pyridine rings is 1. The molecule has 114 valence electrons. The van der Waals surface area contributed by atoms with Gasteiger partial charge in [-0.05, 0) is 12.5 Å². The molecule has 0 radical (unpaired) electrons. The number of aromatic nitrogens is 1. The van der Waals surface area contributed by atoms with Crippen LogP contribution >= 0.6 is 23.4 Å². The van der Waals surface area contributed by atoms with Gasteiger partial charge in [0.1, 0.15) is 5.03 Å². The molecule has 0 spiro atoms. The molecule has 0 bridgehead atoms. The van der Waals surface area contributed by atoms with Crippen molar-refractivity contribution in [3.63, 3.8) is 0 Å². The van der Waals surface area contributed by atoms with E-state index in [4.69, 9.17) is 11.6 Å². The predicted molar refractivity (Wildman–Crippen MR) is 70.9 cm³/mol. The number of alkyl halides is 3. The molecule has 1 aromatic rings. The van der Waals surface area contributed by atoms with E-state index in [0.717, 1.165) is 22.7 Å². The highest BCUT2D eigenvalue weighted by Gasteiger charge is 2.32. The van der Waals surface area contributed by atoms with Crippen molar-refractivity contribution in [1.82, 2.24) is 9.88 Å². The van der Waals surface area contributed by atoms with Gasteiger partial charge in [-0.1, -0.05) is 23.4 Å².